The second-order valence-corrected chi connectivity index (χ2v) is 9.80. The topological polar surface area (TPSA) is 86.7 Å². The summed E-state index contributed by atoms with van der Waals surface area (Å²) in [5.41, 5.74) is 1.28. The van der Waals surface area contributed by atoms with Crippen molar-refractivity contribution in [1.29, 1.82) is 0 Å². The smallest absolute Gasteiger partial charge is 0.251 e. The maximum absolute atomic E-state index is 12.7. The van der Waals surface area contributed by atoms with Crippen LogP contribution in [0, 0.1) is 0 Å². The predicted molar refractivity (Wildman–Crippen MR) is 110 cm³/mol. The molecule has 1 aliphatic heterocycles. The summed E-state index contributed by atoms with van der Waals surface area (Å²) in [6.45, 7) is 1.21. The number of fused-ring (bicyclic) bond motifs is 1. The van der Waals surface area contributed by atoms with Crippen molar-refractivity contribution in [1.82, 2.24) is 9.62 Å². The van der Waals surface area contributed by atoms with E-state index in [4.69, 9.17) is 0 Å². The Morgan fingerprint density at radius 1 is 1.03 bits per heavy atom. The largest absolute Gasteiger partial charge is 0.383 e. The number of hydrogen-bond acceptors (Lipinski definition) is 4. The highest BCUT2D eigenvalue weighted by Gasteiger charge is 2.36. The lowest BCUT2D eigenvalue weighted by Crippen LogP contribution is -2.39. The molecule has 2 aromatic rings. The number of carbonyl (C=O) groups is 1. The minimum Gasteiger partial charge on any atom is -0.383 e. The molecule has 0 bridgehead atoms. The highest BCUT2D eigenvalue weighted by atomic mass is 32.2. The fourth-order valence-corrected chi connectivity index (χ4v) is 5.73. The van der Waals surface area contributed by atoms with Crippen molar-refractivity contribution in [3.63, 3.8) is 0 Å². The van der Waals surface area contributed by atoms with Crippen molar-refractivity contribution in [3.8, 4) is 0 Å². The van der Waals surface area contributed by atoms with Gasteiger partial charge in [-0.15, -0.1) is 0 Å². The van der Waals surface area contributed by atoms with Gasteiger partial charge >= 0.3 is 0 Å². The molecule has 2 aromatic carbocycles. The standard InChI is InChI=1S/C22H26N2O4S/c25-21(23-16-22(26)13-12-17-6-2-3-7-20(17)22)18-8-10-19(11-9-18)29(27,28)24-14-4-1-5-15-24/h2-3,6-11,26H,1,4-5,12-16H2,(H,23,25)/t22-/m1/s1. The van der Waals surface area contributed by atoms with Crippen molar-refractivity contribution < 1.29 is 18.3 Å². The Balaban J connectivity index is 1.42. The lowest BCUT2D eigenvalue weighted by Gasteiger charge is -2.26. The van der Waals surface area contributed by atoms with Gasteiger partial charge in [-0.3, -0.25) is 4.79 Å². The summed E-state index contributed by atoms with van der Waals surface area (Å²) in [5, 5.41) is 13.7. The number of benzene rings is 2. The molecule has 1 amide bonds. The second-order valence-electron chi connectivity index (χ2n) is 7.86. The number of aliphatic hydroxyl groups is 1. The zero-order valence-corrected chi connectivity index (χ0v) is 17.1. The van der Waals surface area contributed by atoms with E-state index < -0.39 is 15.6 Å². The first-order chi connectivity index (χ1) is 13.9. The van der Waals surface area contributed by atoms with Crippen molar-refractivity contribution in [3.05, 3.63) is 65.2 Å². The van der Waals surface area contributed by atoms with Crippen molar-refractivity contribution in [2.24, 2.45) is 0 Å². The monoisotopic (exact) mass is 414 g/mol. The zero-order chi connectivity index (χ0) is 20.5. The maximum atomic E-state index is 12.7. The number of hydrogen-bond donors (Lipinski definition) is 2. The molecule has 154 valence electrons. The van der Waals surface area contributed by atoms with Crippen molar-refractivity contribution in [2.45, 2.75) is 42.6 Å². The lowest BCUT2D eigenvalue weighted by molar-refractivity contribution is 0.0369. The van der Waals surface area contributed by atoms with Gasteiger partial charge in [-0.2, -0.15) is 4.31 Å². The second kappa shape index (κ2) is 7.89. The Morgan fingerprint density at radius 2 is 1.72 bits per heavy atom. The zero-order valence-electron chi connectivity index (χ0n) is 16.3. The molecule has 0 radical (unpaired) electrons. The van der Waals surface area contributed by atoms with Gasteiger partial charge < -0.3 is 10.4 Å². The predicted octanol–water partition coefficient (Wildman–Crippen LogP) is 2.43. The lowest BCUT2D eigenvalue weighted by atomic mass is 9.96. The van der Waals surface area contributed by atoms with Crippen LogP contribution in [-0.2, 0) is 22.0 Å². The Bertz CT molecular complexity index is 998. The average Bonchev–Trinajstić information content (AvgIpc) is 3.10. The van der Waals surface area contributed by atoms with E-state index in [-0.39, 0.29) is 17.3 Å². The Morgan fingerprint density at radius 3 is 2.45 bits per heavy atom. The fraction of sp³-hybridized carbons (Fsp3) is 0.409. The van der Waals surface area contributed by atoms with Gasteiger partial charge in [0.1, 0.15) is 5.60 Å². The number of nitrogens with zero attached hydrogens (tertiary/aromatic N) is 1. The summed E-state index contributed by atoms with van der Waals surface area (Å²) in [6, 6.07) is 13.8. The normalized spacial score (nSPS) is 22.2. The Labute approximate surface area is 171 Å². The molecule has 1 fully saturated rings. The molecule has 0 unspecified atom stereocenters. The molecule has 0 saturated carbocycles. The number of aryl methyl sites for hydroxylation is 1. The van der Waals surface area contributed by atoms with E-state index in [1.807, 2.05) is 24.3 Å². The van der Waals surface area contributed by atoms with Gasteiger partial charge in [0, 0.05) is 18.7 Å². The van der Waals surface area contributed by atoms with Crippen LogP contribution in [-0.4, -0.2) is 43.4 Å². The molecule has 0 aromatic heterocycles. The molecule has 2 N–H and O–H groups in total. The van der Waals surface area contributed by atoms with Crippen LogP contribution in [0.1, 0.15) is 47.2 Å². The van der Waals surface area contributed by atoms with Crippen LogP contribution in [0.4, 0.5) is 0 Å². The molecule has 7 heteroatoms. The molecule has 2 aliphatic rings. The van der Waals surface area contributed by atoms with Gasteiger partial charge in [0.25, 0.3) is 5.91 Å². The number of amides is 1. The number of rotatable bonds is 5. The Kier molecular flexibility index (Phi) is 5.46. The molecule has 1 atom stereocenters. The third kappa shape index (κ3) is 3.95. The molecular weight excluding hydrogens is 388 g/mol. The maximum Gasteiger partial charge on any atom is 0.251 e. The first-order valence-corrected chi connectivity index (χ1v) is 11.5. The Hall–Kier alpha value is -2.22. The molecule has 6 nitrogen and oxygen atoms in total. The van der Waals surface area contributed by atoms with Gasteiger partial charge in [0.05, 0.1) is 11.4 Å². The summed E-state index contributed by atoms with van der Waals surface area (Å²) < 4.78 is 27.0. The van der Waals surface area contributed by atoms with Gasteiger partial charge in [0.15, 0.2) is 0 Å². The van der Waals surface area contributed by atoms with Crippen LogP contribution in [0.5, 0.6) is 0 Å². The van der Waals surface area contributed by atoms with E-state index in [0.717, 1.165) is 36.8 Å². The first kappa shape index (κ1) is 20.1. The highest BCUT2D eigenvalue weighted by molar-refractivity contribution is 7.89. The third-order valence-corrected chi connectivity index (χ3v) is 7.85. The average molecular weight is 415 g/mol. The van der Waals surface area contributed by atoms with Gasteiger partial charge in [-0.1, -0.05) is 30.7 Å². The summed E-state index contributed by atoms with van der Waals surface area (Å²) in [6.07, 6.45) is 4.17. The molecule has 1 heterocycles. The summed E-state index contributed by atoms with van der Waals surface area (Å²) in [5.74, 6) is -0.329. The van der Waals surface area contributed by atoms with E-state index in [2.05, 4.69) is 5.32 Å². The van der Waals surface area contributed by atoms with E-state index >= 15 is 0 Å². The molecule has 1 aliphatic carbocycles. The number of carbonyl (C=O) groups excluding carboxylic acids is 1. The SMILES string of the molecule is O=C(NC[C@]1(O)CCc2ccccc21)c1ccc(S(=O)(=O)N2CCCCC2)cc1. The molecule has 1 saturated heterocycles. The third-order valence-electron chi connectivity index (χ3n) is 5.94. The van der Waals surface area contributed by atoms with Crippen LogP contribution < -0.4 is 5.32 Å². The van der Waals surface area contributed by atoms with Crippen LogP contribution in [0.25, 0.3) is 0 Å². The number of nitrogens with one attached hydrogen (secondary N) is 1. The van der Waals surface area contributed by atoms with Crippen LogP contribution >= 0.6 is 0 Å². The van der Waals surface area contributed by atoms with E-state index in [1.165, 1.54) is 28.6 Å². The molecule has 4 rings (SSSR count). The van der Waals surface area contributed by atoms with Crippen LogP contribution in [0.2, 0.25) is 0 Å². The minimum absolute atomic E-state index is 0.122. The number of piperidine rings is 1. The minimum atomic E-state index is -3.51. The fourth-order valence-electron chi connectivity index (χ4n) is 4.21. The van der Waals surface area contributed by atoms with Crippen molar-refractivity contribution >= 4 is 15.9 Å². The van der Waals surface area contributed by atoms with Gasteiger partial charge in [-0.25, -0.2) is 8.42 Å². The molecule has 29 heavy (non-hydrogen) atoms. The van der Waals surface area contributed by atoms with Gasteiger partial charge in [0.2, 0.25) is 10.0 Å². The summed E-state index contributed by atoms with van der Waals surface area (Å²) in [4.78, 5) is 12.7. The van der Waals surface area contributed by atoms with Crippen LogP contribution in [0.3, 0.4) is 0 Å². The van der Waals surface area contributed by atoms with Crippen LogP contribution in [0.15, 0.2) is 53.4 Å². The van der Waals surface area contributed by atoms with E-state index in [1.54, 1.807) is 0 Å². The summed E-state index contributed by atoms with van der Waals surface area (Å²) >= 11 is 0. The van der Waals surface area contributed by atoms with Gasteiger partial charge in [-0.05, 0) is 61.1 Å². The molecular formula is C22H26N2O4S. The highest BCUT2D eigenvalue weighted by Crippen LogP contribution is 2.36. The first-order valence-electron chi connectivity index (χ1n) is 10.1. The quantitative estimate of drug-likeness (QED) is 0.787. The molecule has 0 spiro atoms. The summed E-state index contributed by atoms with van der Waals surface area (Å²) in [7, 11) is -3.51. The van der Waals surface area contributed by atoms with Crippen molar-refractivity contribution in [2.75, 3.05) is 19.6 Å². The number of sulfonamides is 1. The van der Waals surface area contributed by atoms with E-state index in [9.17, 15) is 18.3 Å². The van der Waals surface area contributed by atoms with E-state index in [0.29, 0.717) is 25.1 Å².